The molecule has 2 atom stereocenters. The molecule has 1 nitrogen and oxygen atoms in total. The minimum absolute atomic E-state index is 0.393. The molecule has 1 aromatic heterocycles. The van der Waals surface area contributed by atoms with E-state index in [-0.39, 0.29) is 0 Å². The maximum Gasteiger partial charge on any atom is 0.0921 e. The number of hydrogen-bond acceptors (Lipinski definition) is 2. The van der Waals surface area contributed by atoms with Crippen molar-refractivity contribution < 1.29 is 4.74 Å². The van der Waals surface area contributed by atoms with E-state index in [0.717, 1.165) is 4.43 Å². The summed E-state index contributed by atoms with van der Waals surface area (Å²) < 4.78 is 6.98. The third-order valence-corrected chi connectivity index (χ3v) is 4.09. The first kappa shape index (κ1) is 8.97. The van der Waals surface area contributed by atoms with Crippen LogP contribution in [0.2, 0.25) is 0 Å². The number of ether oxygens (including phenoxy) is 1. The first-order valence-electron chi connectivity index (χ1n) is 4.15. The van der Waals surface area contributed by atoms with E-state index in [9.17, 15) is 0 Å². The van der Waals surface area contributed by atoms with Gasteiger partial charge < -0.3 is 4.74 Å². The summed E-state index contributed by atoms with van der Waals surface area (Å²) in [4.78, 5) is 1.39. The minimum atomic E-state index is 0.393. The second-order valence-electron chi connectivity index (χ2n) is 2.99. The fourth-order valence-corrected chi connectivity index (χ4v) is 2.95. The van der Waals surface area contributed by atoms with Gasteiger partial charge in [0.15, 0.2) is 0 Å². The lowest BCUT2D eigenvalue weighted by Gasteiger charge is -2.09. The quantitative estimate of drug-likeness (QED) is 0.600. The van der Waals surface area contributed by atoms with Crippen LogP contribution in [0.25, 0.3) is 0 Å². The number of rotatable bonds is 2. The predicted octanol–water partition coefficient (Wildman–Crippen LogP) is 3.40. The first-order chi connectivity index (χ1) is 5.90. The summed E-state index contributed by atoms with van der Waals surface area (Å²) in [5.74, 6) is 0. The molecule has 2 heterocycles. The van der Waals surface area contributed by atoms with E-state index < -0.39 is 0 Å². The molecule has 12 heavy (non-hydrogen) atoms. The molecule has 0 saturated carbocycles. The molecule has 0 amide bonds. The molecule has 0 spiro atoms. The SMILES string of the molecule is IC[C@H]1CC[C@H](c2cccs2)O1. The average Bonchev–Trinajstić information content (AvgIpc) is 2.75. The van der Waals surface area contributed by atoms with Crippen molar-refractivity contribution in [1.29, 1.82) is 0 Å². The van der Waals surface area contributed by atoms with E-state index in [4.69, 9.17) is 4.74 Å². The molecule has 2 rings (SSSR count). The highest BCUT2D eigenvalue weighted by atomic mass is 127. The summed E-state index contributed by atoms with van der Waals surface area (Å²) in [6, 6.07) is 4.27. The van der Waals surface area contributed by atoms with Gasteiger partial charge in [0.1, 0.15) is 0 Å². The molecule has 1 aliphatic rings. The highest BCUT2D eigenvalue weighted by Crippen LogP contribution is 2.35. The zero-order valence-corrected chi connectivity index (χ0v) is 9.68. The Morgan fingerprint density at radius 1 is 1.58 bits per heavy atom. The standard InChI is InChI=1S/C9H11IOS/c10-6-7-3-4-8(11-7)9-2-1-5-12-9/h1-2,5,7-8H,3-4,6H2/t7-,8-/m1/s1. The van der Waals surface area contributed by atoms with E-state index in [1.165, 1.54) is 17.7 Å². The van der Waals surface area contributed by atoms with E-state index in [1.54, 1.807) is 11.3 Å². The van der Waals surface area contributed by atoms with Gasteiger partial charge in [-0.15, -0.1) is 11.3 Å². The van der Waals surface area contributed by atoms with Gasteiger partial charge in [-0.2, -0.15) is 0 Å². The van der Waals surface area contributed by atoms with Crippen molar-refractivity contribution in [2.45, 2.75) is 25.0 Å². The second-order valence-corrected chi connectivity index (χ2v) is 4.85. The van der Waals surface area contributed by atoms with Crippen LogP contribution >= 0.6 is 33.9 Å². The van der Waals surface area contributed by atoms with Crippen LogP contribution in [0, 0.1) is 0 Å². The summed E-state index contributed by atoms with van der Waals surface area (Å²) in [7, 11) is 0. The summed E-state index contributed by atoms with van der Waals surface area (Å²) in [6.07, 6.45) is 3.32. The Kier molecular flexibility index (Phi) is 3.04. The number of hydrogen-bond donors (Lipinski definition) is 0. The Balaban J connectivity index is 2.00. The molecule has 3 heteroatoms. The van der Waals surface area contributed by atoms with Gasteiger partial charge in [0.05, 0.1) is 12.2 Å². The van der Waals surface area contributed by atoms with Gasteiger partial charge in [-0.1, -0.05) is 28.7 Å². The minimum Gasteiger partial charge on any atom is -0.369 e. The molecule has 0 bridgehead atoms. The number of alkyl halides is 1. The third-order valence-electron chi connectivity index (χ3n) is 2.14. The van der Waals surface area contributed by atoms with Gasteiger partial charge >= 0.3 is 0 Å². The summed E-state index contributed by atoms with van der Waals surface area (Å²) in [5, 5.41) is 2.12. The Bertz CT molecular complexity index is 235. The third kappa shape index (κ3) is 1.83. The molecule has 0 aliphatic carbocycles. The molecule has 0 unspecified atom stereocenters. The molecule has 1 aromatic rings. The van der Waals surface area contributed by atoms with E-state index in [2.05, 4.69) is 40.1 Å². The van der Waals surface area contributed by atoms with Crippen LogP contribution in [0.4, 0.5) is 0 Å². The number of thiophene rings is 1. The van der Waals surface area contributed by atoms with Crippen molar-refractivity contribution in [3.05, 3.63) is 22.4 Å². The van der Waals surface area contributed by atoms with Crippen molar-refractivity contribution in [1.82, 2.24) is 0 Å². The maximum atomic E-state index is 5.86. The molecular weight excluding hydrogens is 283 g/mol. The molecule has 66 valence electrons. The van der Waals surface area contributed by atoms with Gasteiger partial charge in [-0.05, 0) is 24.3 Å². The van der Waals surface area contributed by atoms with Crippen LogP contribution in [-0.4, -0.2) is 10.5 Å². The topological polar surface area (TPSA) is 9.23 Å². The van der Waals surface area contributed by atoms with Crippen LogP contribution in [0.5, 0.6) is 0 Å². The van der Waals surface area contributed by atoms with Gasteiger partial charge in [0.2, 0.25) is 0 Å². The largest absolute Gasteiger partial charge is 0.369 e. The van der Waals surface area contributed by atoms with Gasteiger partial charge in [0.25, 0.3) is 0 Å². The van der Waals surface area contributed by atoms with Crippen LogP contribution in [0.1, 0.15) is 23.8 Å². The van der Waals surface area contributed by atoms with E-state index in [0.29, 0.717) is 12.2 Å². The fourth-order valence-electron chi connectivity index (χ4n) is 1.50. The molecule has 0 aromatic carbocycles. The molecule has 1 saturated heterocycles. The monoisotopic (exact) mass is 294 g/mol. The molecule has 0 radical (unpaired) electrons. The maximum absolute atomic E-state index is 5.86. The Morgan fingerprint density at radius 2 is 2.50 bits per heavy atom. The zero-order chi connectivity index (χ0) is 8.39. The van der Waals surface area contributed by atoms with Crippen LogP contribution in [0.15, 0.2) is 17.5 Å². The van der Waals surface area contributed by atoms with Gasteiger partial charge in [-0.3, -0.25) is 0 Å². The summed E-state index contributed by atoms with van der Waals surface area (Å²) in [6.45, 7) is 0. The smallest absolute Gasteiger partial charge is 0.0921 e. The van der Waals surface area contributed by atoms with Gasteiger partial charge in [-0.25, -0.2) is 0 Å². The van der Waals surface area contributed by atoms with Crippen molar-refractivity contribution >= 4 is 33.9 Å². The second kappa shape index (κ2) is 4.07. The zero-order valence-electron chi connectivity index (χ0n) is 6.70. The lowest BCUT2D eigenvalue weighted by atomic mass is 10.2. The van der Waals surface area contributed by atoms with Crippen molar-refractivity contribution in [2.24, 2.45) is 0 Å². The fraction of sp³-hybridized carbons (Fsp3) is 0.556. The highest BCUT2D eigenvalue weighted by molar-refractivity contribution is 14.1. The summed E-state index contributed by atoms with van der Waals surface area (Å²) in [5.41, 5.74) is 0. The molecular formula is C9H11IOS. The van der Waals surface area contributed by atoms with Gasteiger partial charge in [0, 0.05) is 9.30 Å². The van der Waals surface area contributed by atoms with Crippen LogP contribution in [0.3, 0.4) is 0 Å². The lowest BCUT2D eigenvalue weighted by molar-refractivity contribution is 0.0619. The normalized spacial score (nSPS) is 29.4. The lowest BCUT2D eigenvalue weighted by Crippen LogP contribution is -2.06. The Labute approximate surface area is 90.3 Å². The molecule has 1 aliphatic heterocycles. The van der Waals surface area contributed by atoms with E-state index >= 15 is 0 Å². The average molecular weight is 294 g/mol. The molecule has 0 N–H and O–H groups in total. The molecule has 1 fully saturated rings. The van der Waals surface area contributed by atoms with Crippen molar-refractivity contribution in [3.8, 4) is 0 Å². The number of halogens is 1. The van der Waals surface area contributed by atoms with Crippen molar-refractivity contribution in [2.75, 3.05) is 4.43 Å². The Morgan fingerprint density at radius 3 is 3.08 bits per heavy atom. The Hall–Kier alpha value is 0.390. The predicted molar refractivity (Wildman–Crippen MR) is 60.1 cm³/mol. The van der Waals surface area contributed by atoms with E-state index in [1.807, 2.05) is 0 Å². The highest BCUT2D eigenvalue weighted by Gasteiger charge is 2.25. The van der Waals surface area contributed by atoms with Crippen LogP contribution in [-0.2, 0) is 4.74 Å². The van der Waals surface area contributed by atoms with Crippen molar-refractivity contribution in [3.63, 3.8) is 0 Å². The summed E-state index contributed by atoms with van der Waals surface area (Å²) >= 11 is 4.20. The van der Waals surface area contributed by atoms with Crippen LogP contribution < -0.4 is 0 Å². The first-order valence-corrected chi connectivity index (χ1v) is 6.55.